The number of amides is 1. The van der Waals surface area contributed by atoms with Gasteiger partial charge in [0.1, 0.15) is 5.82 Å². The Kier molecular flexibility index (Phi) is 3.33. The summed E-state index contributed by atoms with van der Waals surface area (Å²) in [5, 5.41) is 14.0. The third-order valence-corrected chi connectivity index (χ3v) is 5.07. The van der Waals surface area contributed by atoms with E-state index in [-0.39, 0.29) is 5.91 Å². The van der Waals surface area contributed by atoms with E-state index in [0.29, 0.717) is 24.1 Å². The van der Waals surface area contributed by atoms with Crippen LogP contribution in [0.3, 0.4) is 0 Å². The second kappa shape index (κ2) is 5.69. The second-order valence-electron chi connectivity index (χ2n) is 7.09. The molecule has 0 saturated heterocycles. The van der Waals surface area contributed by atoms with Crippen molar-refractivity contribution < 1.29 is 4.79 Å². The van der Waals surface area contributed by atoms with E-state index >= 15 is 0 Å². The fourth-order valence-electron chi connectivity index (χ4n) is 3.40. The van der Waals surface area contributed by atoms with Gasteiger partial charge in [-0.1, -0.05) is 30.3 Å². The van der Waals surface area contributed by atoms with E-state index in [1.54, 1.807) is 0 Å². The number of rotatable bonds is 5. The van der Waals surface area contributed by atoms with Crippen LogP contribution in [0, 0.1) is 0 Å². The Morgan fingerprint density at radius 3 is 2.60 bits per heavy atom. The molecule has 1 amide bonds. The van der Waals surface area contributed by atoms with E-state index < -0.39 is 0 Å². The molecule has 2 saturated carbocycles. The van der Waals surface area contributed by atoms with Gasteiger partial charge in [-0.25, -0.2) is 0 Å². The van der Waals surface area contributed by atoms with Gasteiger partial charge in [0.15, 0.2) is 5.82 Å². The van der Waals surface area contributed by atoms with Gasteiger partial charge in [-0.2, -0.15) is 0 Å². The van der Waals surface area contributed by atoms with Crippen molar-refractivity contribution in [3.8, 4) is 0 Å². The highest BCUT2D eigenvalue weighted by molar-refractivity contribution is 5.98. The van der Waals surface area contributed by atoms with Gasteiger partial charge in [0, 0.05) is 17.5 Å². The average molecular weight is 332 g/mol. The number of hydrogen-bond acceptors (Lipinski definition) is 3. The first-order chi connectivity index (χ1) is 12.3. The highest BCUT2D eigenvalue weighted by Crippen LogP contribution is 2.44. The molecule has 5 nitrogen and oxygen atoms in total. The predicted octanol–water partition coefficient (Wildman–Crippen LogP) is 3.57. The first-order valence-corrected chi connectivity index (χ1v) is 9.00. The molecule has 5 rings (SSSR count). The Bertz CT molecular complexity index is 953. The molecule has 0 unspecified atom stereocenters. The maximum Gasteiger partial charge on any atom is 0.251 e. The van der Waals surface area contributed by atoms with Crippen molar-refractivity contribution in [3.63, 3.8) is 0 Å². The van der Waals surface area contributed by atoms with E-state index in [1.165, 1.54) is 25.7 Å². The van der Waals surface area contributed by atoms with Crippen LogP contribution in [0.2, 0.25) is 0 Å². The van der Waals surface area contributed by atoms with E-state index in [9.17, 15) is 4.79 Å². The lowest BCUT2D eigenvalue weighted by Gasteiger charge is -2.10. The molecule has 126 valence electrons. The number of hydrogen-bond donors (Lipinski definition) is 1. The van der Waals surface area contributed by atoms with Crippen LogP contribution in [0.15, 0.2) is 42.5 Å². The van der Waals surface area contributed by atoms with E-state index in [4.69, 9.17) is 0 Å². The van der Waals surface area contributed by atoms with Gasteiger partial charge < -0.3 is 9.88 Å². The van der Waals surface area contributed by atoms with Crippen molar-refractivity contribution in [2.24, 2.45) is 0 Å². The van der Waals surface area contributed by atoms with Crippen LogP contribution in [0.4, 0.5) is 0 Å². The molecule has 0 atom stereocenters. The molecule has 0 radical (unpaired) electrons. The summed E-state index contributed by atoms with van der Waals surface area (Å²) in [5.74, 6) is 2.53. The summed E-state index contributed by atoms with van der Waals surface area (Å²) in [6, 6.07) is 14.4. The number of benzene rings is 2. The van der Waals surface area contributed by atoms with Crippen molar-refractivity contribution in [1.29, 1.82) is 0 Å². The van der Waals surface area contributed by atoms with Gasteiger partial charge in [0.2, 0.25) is 0 Å². The minimum absolute atomic E-state index is 0.0657. The number of nitrogens with zero attached hydrogens (tertiary/aromatic N) is 3. The summed E-state index contributed by atoms with van der Waals surface area (Å²) in [4.78, 5) is 12.5. The number of aromatic nitrogens is 3. The van der Waals surface area contributed by atoms with Crippen LogP contribution in [0.1, 0.15) is 59.6 Å². The summed E-state index contributed by atoms with van der Waals surface area (Å²) in [6.45, 7) is 0.432. The molecular formula is C20H20N4O. The van der Waals surface area contributed by atoms with Crippen molar-refractivity contribution in [1.82, 2.24) is 20.1 Å². The monoisotopic (exact) mass is 332 g/mol. The lowest BCUT2D eigenvalue weighted by atomic mass is 10.1. The average Bonchev–Trinajstić information content (AvgIpc) is 3.58. The van der Waals surface area contributed by atoms with Crippen molar-refractivity contribution in [2.45, 2.75) is 44.2 Å². The number of carbonyl (C=O) groups excluding carboxylic acids is 1. The zero-order valence-corrected chi connectivity index (χ0v) is 14.0. The second-order valence-corrected chi connectivity index (χ2v) is 7.09. The van der Waals surface area contributed by atoms with Gasteiger partial charge in [0.25, 0.3) is 5.91 Å². The molecule has 0 aliphatic heterocycles. The fourth-order valence-corrected chi connectivity index (χ4v) is 3.40. The molecule has 5 heteroatoms. The van der Waals surface area contributed by atoms with Gasteiger partial charge >= 0.3 is 0 Å². The molecule has 2 fully saturated rings. The topological polar surface area (TPSA) is 59.8 Å². The number of fused-ring (bicyclic) bond motifs is 1. The lowest BCUT2D eigenvalue weighted by Crippen LogP contribution is -2.25. The molecular weight excluding hydrogens is 312 g/mol. The zero-order valence-electron chi connectivity index (χ0n) is 14.0. The summed E-state index contributed by atoms with van der Waals surface area (Å²) in [6.07, 6.45) is 4.83. The minimum Gasteiger partial charge on any atom is -0.345 e. The van der Waals surface area contributed by atoms with Crippen molar-refractivity contribution >= 4 is 16.7 Å². The molecule has 2 aromatic carbocycles. The summed E-state index contributed by atoms with van der Waals surface area (Å²) in [5.41, 5.74) is 0.679. The van der Waals surface area contributed by atoms with Crippen LogP contribution in [-0.2, 0) is 6.54 Å². The standard InChI is InChI=1S/C20H20N4O/c25-20(16-8-5-13-3-1-2-4-15(13)11-16)21-12-18-22-23-19(14-6-7-14)24(18)17-9-10-17/h1-5,8,11,14,17H,6-7,9-10,12H2,(H,21,25). The molecule has 2 aliphatic rings. The van der Waals surface area contributed by atoms with Crippen LogP contribution >= 0.6 is 0 Å². The summed E-state index contributed by atoms with van der Waals surface area (Å²) >= 11 is 0. The molecule has 1 aromatic heterocycles. The van der Waals surface area contributed by atoms with Gasteiger partial charge in [-0.15, -0.1) is 10.2 Å². The highest BCUT2D eigenvalue weighted by Gasteiger charge is 2.36. The Morgan fingerprint density at radius 1 is 1.04 bits per heavy atom. The quantitative estimate of drug-likeness (QED) is 0.777. The van der Waals surface area contributed by atoms with E-state index in [1.807, 2.05) is 36.4 Å². The Morgan fingerprint density at radius 2 is 1.84 bits per heavy atom. The third-order valence-electron chi connectivity index (χ3n) is 5.07. The smallest absolute Gasteiger partial charge is 0.251 e. The third kappa shape index (κ3) is 2.80. The fraction of sp³-hybridized carbons (Fsp3) is 0.350. The first-order valence-electron chi connectivity index (χ1n) is 9.00. The van der Waals surface area contributed by atoms with Gasteiger partial charge in [0.05, 0.1) is 6.54 Å². The van der Waals surface area contributed by atoms with Crippen LogP contribution in [0.25, 0.3) is 10.8 Å². The molecule has 3 aromatic rings. The Hall–Kier alpha value is -2.69. The van der Waals surface area contributed by atoms with Gasteiger partial charge in [-0.05, 0) is 48.6 Å². The van der Waals surface area contributed by atoms with Crippen molar-refractivity contribution in [3.05, 3.63) is 59.7 Å². The minimum atomic E-state index is -0.0657. The lowest BCUT2D eigenvalue weighted by molar-refractivity contribution is 0.0949. The van der Waals surface area contributed by atoms with Crippen LogP contribution < -0.4 is 5.32 Å². The normalized spacial score (nSPS) is 17.0. The van der Waals surface area contributed by atoms with E-state index in [2.05, 4.69) is 26.1 Å². The highest BCUT2D eigenvalue weighted by atomic mass is 16.1. The summed E-state index contributed by atoms with van der Waals surface area (Å²) < 4.78 is 2.28. The molecule has 2 aliphatic carbocycles. The molecule has 25 heavy (non-hydrogen) atoms. The molecule has 1 heterocycles. The van der Waals surface area contributed by atoms with Crippen LogP contribution in [-0.4, -0.2) is 20.7 Å². The SMILES string of the molecule is O=C(NCc1nnc(C2CC2)n1C1CC1)c1ccc2ccccc2c1. The van der Waals surface area contributed by atoms with Crippen LogP contribution in [0.5, 0.6) is 0 Å². The van der Waals surface area contributed by atoms with Gasteiger partial charge in [-0.3, -0.25) is 4.79 Å². The Balaban J connectivity index is 1.34. The number of nitrogens with one attached hydrogen (secondary N) is 1. The Labute approximate surface area is 146 Å². The first kappa shape index (κ1) is 14.6. The molecule has 1 N–H and O–H groups in total. The molecule has 0 spiro atoms. The number of carbonyl (C=O) groups is 1. The largest absolute Gasteiger partial charge is 0.345 e. The molecule has 0 bridgehead atoms. The predicted molar refractivity (Wildman–Crippen MR) is 95.4 cm³/mol. The summed E-state index contributed by atoms with van der Waals surface area (Å²) in [7, 11) is 0. The zero-order chi connectivity index (χ0) is 16.8. The van der Waals surface area contributed by atoms with E-state index in [0.717, 1.165) is 22.4 Å². The maximum absolute atomic E-state index is 12.5. The maximum atomic E-state index is 12.5. The van der Waals surface area contributed by atoms with Crippen molar-refractivity contribution in [2.75, 3.05) is 0 Å².